The maximum Gasteiger partial charge on any atom is 0.323 e. The molecule has 1 rings (SSSR count). The Labute approximate surface area is 119 Å². The first-order valence-corrected chi connectivity index (χ1v) is 6.63. The van der Waals surface area contributed by atoms with Gasteiger partial charge in [0.05, 0.1) is 0 Å². The highest BCUT2D eigenvalue weighted by Crippen LogP contribution is 2.38. The summed E-state index contributed by atoms with van der Waals surface area (Å²) in [6, 6.07) is -0.180. The minimum absolute atomic E-state index is 0.00415. The third-order valence-electron chi connectivity index (χ3n) is 3.69. The van der Waals surface area contributed by atoms with Crippen LogP contribution in [0.15, 0.2) is 0 Å². The Kier molecular flexibility index (Phi) is 4.43. The minimum atomic E-state index is -0.866. The van der Waals surface area contributed by atoms with E-state index in [0.29, 0.717) is 12.8 Å². The molecule has 1 saturated heterocycles. The van der Waals surface area contributed by atoms with Gasteiger partial charge in [-0.2, -0.15) is 0 Å². The van der Waals surface area contributed by atoms with E-state index in [1.165, 1.54) is 0 Å². The van der Waals surface area contributed by atoms with Crippen LogP contribution >= 0.6 is 0 Å². The molecule has 0 aromatic carbocycles. The van der Waals surface area contributed by atoms with Crippen LogP contribution in [-0.2, 0) is 14.4 Å². The summed E-state index contributed by atoms with van der Waals surface area (Å²) in [4.78, 5) is 36.5. The van der Waals surface area contributed by atoms with Crippen molar-refractivity contribution in [3.8, 4) is 0 Å². The molecule has 0 bridgehead atoms. The van der Waals surface area contributed by atoms with Gasteiger partial charge in [-0.1, -0.05) is 0 Å². The molecule has 0 unspecified atom stereocenters. The maximum atomic E-state index is 11.9. The number of hydrogen-bond donors (Lipinski definition) is 3. The summed E-state index contributed by atoms with van der Waals surface area (Å²) in [5.41, 5.74) is 1.01. The number of rotatable bonds is 1. The van der Waals surface area contributed by atoms with E-state index in [4.69, 9.17) is 5.84 Å². The van der Waals surface area contributed by atoms with E-state index in [1.54, 1.807) is 6.92 Å². The van der Waals surface area contributed by atoms with Crippen LogP contribution in [0.25, 0.3) is 0 Å². The van der Waals surface area contributed by atoms with Gasteiger partial charge < -0.3 is 10.2 Å². The lowest BCUT2D eigenvalue weighted by molar-refractivity contribution is -0.149. The topological polar surface area (TPSA) is 105 Å². The molecule has 20 heavy (non-hydrogen) atoms. The Morgan fingerprint density at radius 2 is 1.50 bits per heavy atom. The Balaban J connectivity index is 2.89. The average molecular weight is 284 g/mol. The number of amides is 3. The number of nitrogens with one attached hydrogen (secondary N) is 2. The zero-order valence-electron chi connectivity index (χ0n) is 12.7. The number of carbonyl (C=O) groups is 3. The zero-order valence-corrected chi connectivity index (χ0v) is 12.7. The maximum absolute atomic E-state index is 11.9. The molecule has 1 heterocycles. The van der Waals surface area contributed by atoms with Gasteiger partial charge in [-0.25, -0.2) is 5.84 Å². The molecule has 1 fully saturated rings. The smallest absolute Gasteiger partial charge is 0.323 e. The summed E-state index contributed by atoms with van der Waals surface area (Å²) in [5.74, 6) is 3.32. The molecule has 3 amide bonds. The van der Waals surface area contributed by atoms with Crippen LogP contribution in [-0.4, -0.2) is 39.7 Å². The fourth-order valence-corrected chi connectivity index (χ4v) is 3.55. The summed E-state index contributed by atoms with van der Waals surface area (Å²) >= 11 is 0. The van der Waals surface area contributed by atoms with E-state index in [1.807, 2.05) is 38.0 Å². The number of piperidine rings is 1. The van der Waals surface area contributed by atoms with E-state index in [9.17, 15) is 14.4 Å². The van der Waals surface area contributed by atoms with Crippen molar-refractivity contribution < 1.29 is 14.4 Å². The lowest BCUT2D eigenvalue weighted by Crippen LogP contribution is -2.66. The van der Waals surface area contributed by atoms with Crippen LogP contribution in [0.3, 0.4) is 0 Å². The van der Waals surface area contributed by atoms with E-state index >= 15 is 0 Å². The number of hydrazine groups is 1. The van der Waals surface area contributed by atoms with Gasteiger partial charge in [-0.05, 0) is 40.5 Å². The molecule has 4 N–H and O–H groups in total. The number of nitrogens with two attached hydrogens (primary N) is 1. The molecule has 0 atom stereocenters. The summed E-state index contributed by atoms with van der Waals surface area (Å²) < 4.78 is 0. The van der Waals surface area contributed by atoms with Gasteiger partial charge in [-0.15, -0.1) is 0 Å². The van der Waals surface area contributed by atoms with E-state index < -0.39 is 22.9 Å². The zero-order chi connectivity index (χ0) is 15.7. The number of likely N-dealkylation sites (tertiary alicyclic amines) is 1. The quantitative estimate of drug-likeness (QED) is 0.265. The first-order chi connectivity index (χ1) is 9.01. The third kappa shape index (κ3) is 3.27. The Morgan fingerprint density at radius 3 is 1.85 bits per heavy atom. The highest BCUT2D eigenvalue weighted by molar-refractivity contribution is 6.34. The van der Waals surface area contributed by atoms with Crippen LogP contribution in [0.2, 0.25) is 0 Å². The predicted molar refractivity (Wildman–Crippen MR) is 74.2 cm³/mol. The Bertz CT molecular complexity index is 413. The molecular formula is C13H24N4O3. The van der Waals surface area contributed by atoms with Gasteiger partial charge in [-0.3, -0.25) is 19.8 Å². The Hall–Kier alpha value is -1.63. The van der Waals surface area contributed by atoms with Gasteiger partial charge in [0.25, 0.3) is 0 Å². The van der Waals surface area contributed by atoms with Crippen LogP contribution < -0.4 is 16.6 Å². The van der Waals surface area contributed by atoms with Crippen LogP contribution in [0, 0.1) is 0 Å². The van der Waals surface area contributed by atoms with Gasteiger partial charge in [0.15, 0.2) is 0 Å². The molecule has 0 radical (unpaired) electrons. The second-order valence-corrected chi connectivity index (χ2v) is 6.53. The number of hydrogen-bond acceptors (Lipinski definition) is 4. The van der Waals surface area contributed by atoms with E-state index in [0.717, 1.165) is 0 Å². The summed E-state index contributed by atoms with van der Waals surface area (Å²) in [6.07, 6.45) is 1.17. The van der Waals surface area contributed by atoms with Crippen LogP contribution in [0.1, 0.15) is 47.5 Å². The fourth-order valence-electron chi connectivity index (χ4n) is 3.55. The first kappa shape index (κ1) is 16.4. The van der Waals surface area contributed by atoms with Crippen molar-refractivity contribution in [1.29, 1.82) is 0 Å². The second kappa shape index (κ2) is 5.40. The second-order valence-electron chi connectivity index (χ2n) is 6.53. The van der Waals surface area contributed by atoms with Crippen molar-refractivity contribution in [3.63, 3.8) is 0 Å². The lowest BCUT2D eigenvalue weighted by Gasteiger charge is -2.55. The van der Waals surface area contributed by atoms with Crippen molar-refractivity contribution in [2.24, 2.45) is 5.84 Å². The summed E-state index contributed by atoms with van der Waals surface area (Å²) in [5, 5.41) is 2.67. The van der Waals surface area contributed by atoms with Crippen molar-refractivity contribution >= 4 is 17.7 Å². The first-order valence-electron chi connectivity index (χ1n) is 6.63. The molecule has 0 aromatic rings. The highest BCUT2D eigenvalue weighted by atomic mass is 16.2. The van der Waals surface area contributed by atoms with Crippen molar-refractivity contribution in [1.82, 2.24) is 15.6 Å². The van der Waals surface area contributed by atoms with Crippen LogP contribution in [0.5, 0.6) is 0 Å². The standard InChI is InChI=1S/C13H24N4O3/c1-8(18)17-12(2,3)6-9(7-13(17,4)5)15-10(19)11(20)16-14/h9H,6-7,14H2,1-5H3,(H,15,19)(H,16,20). The highest BCUT2D eigenvalue weighted by Gasteiger charge is 2.47. The molecule has 0 spiro atoms. The summed E-state index contributed by atoms with van der Waals surface area (Å²) in [7, 11) is 0. The van der Waals surface area contributed by atoms with Crippen molar-refractivity contribution in [3.05, 3.63) is 0 Å². The molecule has 114 valence electrons. The molecule has 7 nitrogen and oxygen atoms in total. The Morgan fingerprint density at radius 1 is 1.05 bits per heavy atom. The van der Waals surface area contributed by atoms with Crippen molar-refractivity contribution in [2.45, 2.75) is 64.6 Å². The van der Waals surface area contributed by atoms with Gasteiger partial charge in [0, 0.05) is 24.0 Å². The monoisotopic (exact) mass is 284 g/mol. The molecule has 1 aliphatic heterocycles. The number of carbonyl (C=O) groups excluding carboxylic acids is 3. The average Bonchev–Trinajstić information content (AvgIpc) is 2.23. The van der Waals surface area contributed by atoms with E-state index in [2.05, 4.69) is 5.32 Å². The van der Waals surface area contributed by atoms with Gasteiger partial charge in [0.2, 0.25) is 5.91 Å². The molecular weight excluding hydrogens is 260 g/mol. The number of nitrogens with zero attached hydrogens (tertiary/aromatic N) is 1. The lowest BCUT2D eigenvalue weighted by atomic mass is 9.77. The molecule has 0 aliphatic carbocycles. The van der Waals surface area contributed by atoms with E-state index in [-0.39, 0.29) is 11.9 Å². The molecule has 0 aromatic heterocycles. The fraction of sp³-hybridized carbons (Fsp3) is 0.769. The molecule has 7 heteroatoms. The third-order valence-corrected chi connectivity index (χ3v) is 3.69. The summed E-state index contributed by atoms with van der Waals surface area (Å²) in [6.45, 7) is 9.37. The van der Waals surface area contributed by atoms with Crippen LogP contribution in [0.4, 0.5) is 0 Å². The van der Waals surface area contributed by atoms with Gasteiger partial charge in [0.1, 0.15) is 0 Å². The predicted octanol–water partition coefficient (Wildman–Crippen LogP) is -0.339. The molecule has 1 aliphatic rings. The van der Waals surface area contributed by atoms with Gasteiger partial charge >= 0.3 is 11.8 Å². The SMILES string of the molecule is CC(=O)N1C(C)(C)CC(NC(=O)C(=O)NN)CC1(C)C. The molecule has 0 saturated carbocycles. The normalized spacial score (nSPS) is 21.2. The van der Waals surface area contributed by atoms with Crippen molar-refractivity contribution in [2.75, 3.05) is 0 Å². The largest absolute Gasteiger partial charge is 0.345 e. The minimum Gasteiger partial charge on any atom is -0.345 e.